The van der Waals surface area contributed by atoms with E-state index in [0.29, 0.717) is 23.0 Å². The van der Waals surface area contributed by atoms with E-state index in [2.05, 4.69) is 20.3 Å². The van der Waals surface area contributed by atoms with Crippen LogP contribution < -0.4 is 0 Å². The highest BCUT2D eigenvalue weighted by Gasteiger charge is 2.15. The second-order valence-corrected chi connectivity index (χ2v) is 3.38. The largest absolute Gasteiger partial charge is 0.334 e. The van der Waals surface area contributed by atoms with E-state index in [1.165, 1.54) is 6.20 Å². The summed E-state index contributed by atoms with van der Waals surface area (Å²) in [6, 6.07) is 1.97. The fourth-order valence-corrected chi connectivity index (χ4v) is 1.11. The summed E-state index contributed by atoms with van der Waals surface area (Å²) < 4.78 is 5.04. The Morgan fingerprint density at radius 3 is 2.93 bits per heavy atom. The Balaban J connectivity index is 2.42. The van der Waals surface area contributed by atoms with Gasteiger partial charge < -0.3 is 4.52 Å². The van der Waals surface area contributed by atoms with Crippen LogP contribution in [-0.4, -0.2) is 20.3 Å². The third-order valence-electron chi connectivity index (χ3n) is 1.94. The molecule has 1 N–H and O–H groups in total. The summed E-state index contributed by atoms with van der Waals surface area (Å²) in [6.07, 6.45) is 1.50. The summed E-state index contributed by atoms with van der Waals surface area (Å²) in [6.45, 7) is 3.93. The number of rotatable bonds is 2. The molecule has 0 unspecified atom stereocenters. The van der Waals surface area contributed by atoms with Gasteiger partial charge in [-0.1, -0.05) is 19.0 Å². The summed E-state index contributed by atoms with van der Waals surface area (Å²) in [5.74, 6) is 1.14. The predicted octanol–water partition coefficient (Wildman–Crippen LogP) is 1.45. The third kappa shape index (κ3) is 1.59. The summed E-state index contributed by atoms with van der Waals surface area (Å²) in [4.78, 5) is 4.17. The second-order valence-electron chi connectivity index (χ2n) is 3.38. The van der Waals surface area contributed by atoms with E-state index >= 15 is 0 Å². The van der Waals surface area contributed by atoms with Crippen LogP contribution in [0.3, 0.4) is 0 Å². The summed E-state index contributed by atoms with van der Waals surface area (Å²) in [5, 5.41) is 18.9. The van der Waals surface area contributed by atoms with Crippen LogP contribution >= 0.6 is 0 Å². The number of nitrogens with zero attached hydrogens (tertiary/aromatic N) is 4. The number of aromatic amines is 1. The van der Waals surface area contributed by atoms with Crippen LogP contribution in [0.5, 0.6) is 0 Å². The Kier molecular flexibility index (Phi) is 2.21. The Morgan fingerprint density at radius 1 is 1.53 bits per heavy atom. The maximum absolute atomic E-state index is 8.77. The minimum Gasteiger partial charge on any atom is -0.334 e. The molecule has 0 aromatic carbocycles. The number of aromatic nitrogens is 4. The molecule has 0 radical (unpaired) electrons. The van der Waals surface area contributed by atoms with Crippen LogP contribution in [0.25, 0.3) is 11.5 Å². The Bertz CT molecular complexity index is 505. The van der Waals surface area contributed by atoms with Gasteiger partial charge in [0.05, 0.1) is 11.8 Å². The first-order chi connectivity index (χ1) is 7.22. The molecule has 0 saturated carbocycles. The molecule has 0 aliphatic rings. The van der Waals surface area contributed by atoms with E-state index in [4.69, 9.17) is 9.78 Å². The van der Waals surface area contributed by atoms with Crippen molar-refractivity contribution >= 4 is 0 Å². The minimum absolute atomic E-state index is 0.194. The first-order valence-corrected chi connectivity index (χ1v) is 4.49. The average molecular weight is 203 g/mol. The van der Waals surface area contributed by atoms with E-state index in [1.807, 2.05) is 19.9 Å². The molecule has 0 saturated heterocycles. The van der Waals surface area contributed by atoms with E-state index in [0.717, 1.165) is 0 Å². The van der Waals surface area contributed by atoms with Gasteiger partial charge in [-0.05, 0) is 0 Å². The van der Waals surface area contributed by atoms with Gasteiger partial charge in [-0.15, -0.1) is 0 Å². The highest BCUT2D eigenvalue weighted by atomic mass is 16.5. The van der Waals surface area contributed by atoms with Gasteiger partial charge in [0, 0.05) is 5.92 Å². The van der Waals surface area contributed by atoms with Crippen LogP contribution in [-0.2, 0) is 0 Å². The van der Waals surface area contributed by atoms with Crippen LogP contribution in [0.15, 0.2) is 10.7 Å². The Labute approximate surface area is 85.9 Å². The topological polar surface area (TPSA) is 91.4 Å². The highest BCUT2D eigenvalue weighted by Crippen LogP contribution is 2.21. The second kappa shape index (κ2) is 3.53. The maximum Gasteiger partial charge on any atom is 0.262 e. The van der Waals surface area contributed by atoms with Crippen LogP contribution in [0.1, 0.15) is 31.3 Å². The molecular formula is C9H9N5O. The van der Waals surface area contributed by atoms with E-state index in [-0.39, 0.29) is 5.92 Å². The molecular weight excluding hydrogens is 194 g/mol. The van der Waals surface area contributed by atoms with Gasteiger partial charge in [0.15, 0.2) is 5.82 Å². The minimum atomic E-state index is 0.194. The average Bonchev–Trinajstić information content (AvgIpc) is 2.85. The van der Waals surface area contributed by atoms with Crippen LogP contribution in [0, 0.1) is 11.3 Å². The molecule has 2 rings (SSSR count). The first kappa shape index (κ1) is 9.40. The van der Waals surface area contributed by atoms with Gasteiger partial charge in [0.1, 0.15) is 11.8 Å². The summed E-state index contributed by atoms with van der Waals surface area (Å²) >= 11 is 0. The zero-order valence-corrected chi connectivity index (χ0v) is 8.35. The lowest BCUT2D eigenvalue weighted by Gasteiger charge is -1.91. The van der Waals surface area contributed by atoms with Gasteiger partial charge in [-0.2, -0.15) is 15.3 Å². The van der Waals surface area contributed by atoms with Crippen LogP contribution in [0.2, 0.25) is 0 Å². The van der Waals surface area contributed by atoms with Crippen molar-refractivity contribution in [3.63, 3.8) is 0 Å². The Hall–Kier alpha value is -2.16. The lowest BCUT2D eigenvalue weighted by Crippen LogP contribution is -1.89. The van der Waals surface area contributed by atoms with E-state index in [9.17, 15) is 0 Å². The predicted molar refractivity (Wildman–Crippen MR) is 50.7 cm³/mol. The molecule has 2 aromatic heterocycles. The molecule has 0 aliphatic carbocycles. The van der Waals surface area contributed by atoms with Crippen molar-refractivity contribution < 1.29 is 4.52 Å². The number of hydrogen-bond acceptors (Lipinski definition) is 5. The SMILES string of the molecule is CC(C)c1noc(-c2cn[nH]c2C#N)n1. The molecule has 0 fully saturated rings. The molecule has 76 valence electrons. The molecule has 0 amide bonds. The number of H-pyrrole nitrogens is 1. The van der Waals surface area contributed by atoms with Crippen molar-refractivity contribution in [1.82, 2.24) is 20.3 Å². The molecule has 6 heteroatoms. The van der Waals surface area contributed by atoms with Crippen molar-refractivity contribution in [2.45, 2.75) is 19.8 Å². The third-order valence-corrected chi connectivity index (χ3v) is 1.94. The standard InChI is InChI=1S/C9H9N5O/c1-5(2)8-12-9(15-14-8)6-4-11-13-7(6)3-10/h4-5H,1-2H3,(H,11,13). The van der Waals surface area contributed by atoms with Gasteiger partial charge in [0.2, 0.25) is 0 Å². The van der Waals surface area contributed by atoms with Gasteiger partial charge in [-0.3, -0.25) is 5.10 Å². The summed E-state index contributed by atoms with van der Waals surface area (Å²) in [7, 11) is 0. The molecule has 2 heterocycles. The van der Waals surface area contributed by atoms with Crippen molar-refractivity contribution in [2.24, 2.45) is 0 Å². The van der Waals surface area contributed by atoms with Crippen molar-refractivity contribution in [2.75, 3.05) is 0 Å². The monoisotopic (exact) mass is 203 g/mol. The summed E-state index contributed by atoms with van der Waals surface area (Å²) in [5.41, 5.74) is 0.867. The highest BCUT2D eigenvalue weighted by molar-refractivity contribution is 5.59. The maximum atomic E-state index is 8.77. The lowest BCUT2D eigenvalue weighted by molar-refractivity contribution is 0.419. The molecule has 0 atom stereocenters. The van der Waals surface area contributed by atoms with Crippen molar-refractivity contribution in [3.05, 3.63) is 17.7 Å². The lowest BCUT2D eigenvalue weighted by atomic mass is 10.2. The van der Waals surface area contributed by atoms with Crippen molar-refractivity contribution in [1.29, 1.82) is 5.26 Å². The Morgan fingerprint density at radius 2 is 2.33 bits per heavy atom. The molecule has 0 spiro atoms. The number of nitrogens with one attached hydrogen (secondary N) is 1. The number of hydrogen-bond donors (Lipinski definition) is 1. The van der Waals surface area contributed by atoms with Gasteiger partial charge >= 0.3 is 0 Å². The fourth-order valence-electron chi connectivity index (χ4n) is 1.11. The van der Waals surface area contributed by atoms with Gasteiger partial charge in [-0.25, -0.2) is 0 Å². The molecule has 0 aliphatic heterocycles. The first-order valence-electron chi connectivity index (χ1n) is 4.49. The van der Waals surface area contributed by atoms with Gasteiger partial charge in [0.25, 0.3) is 5.89 Å². The molecule has 0 bridgehead atoms. The zero-order chi connectivity index (χ0) is 10.8. The molecule has 15 heavy (non-hydrogen) atoms. The number of nitriles is 1. The quantitative estimate of drug-likeness (QED) is 0.797. The van der Waals surface area contributed by atoms with E-state index < -0.39 is 0 Å². The molecule has 6 nitrogen and oxygen atoms in total. The fraction of sp³-hybridized carbons (Fsp3) is 0.333. The smallest absolute Gasteiger partial charge is 0.262 e. The zero-order valence-electron chi connectivity index (χ0n) is 8.35. The normalized spacial score (nSPS) is 10.5. The van der Waals surface area contributed by atoms with Crippen molar-refractivity contribution in [3.8, 4) is 17.5 Å². The van der Waals surface area contributed by atoms with Crippen LogP contribution in [0.4, 0.5) is 0 Å². The molecule has 2 aromatic rings. The van der Waals surface area contributed by atoms with E-state index in [1.54, 1.807) is 0 Å².